The lowest BCUT2D eigenvalue weighted by Gasteiger charge is -2.18. The largest absolute Gasteiger partial charge is 0.480 e. The second kappa shape index (κ2) is 6.26. The zero-order chi connectivity index (χ0) is 15.4. The van der Waals surface area contributed by atoms with Crippen molar-refractivity contribution in [3.63, 3.8) is 0 Å². The first-order chi connectivity index (χ1) is 9.97. The van der Waals surface area contributed by atoms with Gasteiger partial charge in [0, 0.05) is 19.8 Å². The molecule has 0 saturated heterocycles. The van der Waals surface area contributed by atoms with Crippen molar-refractivity contribution in [3.8, 4) is 0 Å². The fourth-order valence-corrected chi connectivity index (χ4v) is 2.24. The summed E-state index contributed by atoms with van der Waals surface area (Å²) in [5.74, 6) is -1.16. The monoisotopic (exact) mass is 286 g/mol. The van der Waals surface area contributed by atoms with Crippen molar-refractivity contribution in [2.45, 2.75) is 20.0 Å². The van der Waals surface area contributed by atoms with Crippen LogP contribution in [0.15, 0.2) is 42.6 Å². The van der Waals surface area contributed by atoms with Crippen LogP contribution in [0.1, 0.15) is 21.6 Å². The number of carboxylic acids is 1. The second-order valence-electron chi connectivity index (χ2n) is 5.07. The van der Waals surface area contributed by atoms with Crippen LogP contribution in [0.2, 0.25) is 0 Å². The highest BCUT2D eigenvalue weighted by atomic mass is 16.4. The van der Waals surface area contributed by atoms with Gasteiger partial charge in [0.2, 0.25) is 0 Å². The molecule has 0 aliphatic heterocycles. The van der Waals surface area contributed by atoms with E-state index in [1.807, 2.05) is 31.2 Å². The van der Waals surface area contributed by atoms with Crippen LogP contribution in [-0.2, 0) is 17.9 Å². The van der Waals surface area contributed by atoms with Gasteiger partial charge in [0.05, 0.1) is 0 Å². The van der Waals surface area contributed by atoms with Gasteiger partial charge in [-0.25, -0.2) is 0 Å². The summed E-state index contributed by atoms with van der Waals surface area (Å²) in [6, 6.07) is 11.3. The Morgan fingerprint density at radius 1 is 1.24 bits per heavy atom. The van der Waals surface area contributed by atoms with Gasteiger partial charge in [-0.05, 0) is 24.6 Å². The summed E-state index contributed by atoms with van der Waals surface area (Å²) in [7, 11) is 1.71. The molecule has 0 unspecified atom stereocenters. The van der Waals surface area contributed by atoms with Crippen LogP contribution in [-0.4, -0.2) is 33.5 Å². The average molecular weight is 286 g/mol. The van der Waals surface area contributed by atoms with Crippen molar-refractivity contribution in [2.24, 2.45) is 0 Å². The number of benzene rings is 1. The summed E-state index contributed by atoms with van der Waals surface area (Å²) in [6.07, 6.45) is 1.60. The van der Waals surface area contributed by atoms with Crippen LogP contribution in [0.5, 0.6) is 0 Å². The van der Waals surface area contributed by atoms with Gasteiger partial charge in [-0.3, -0.25) is 9.59 Å². The molecule has 0 radical (unpaired) electrons. The van der Waals surface area contributed by atoms with E-state index in [0.717, 1.165) is 11.1 Å². The van der Waals surface area contributed by atoms with E-state index in [9.17, 15) is 9.59 Å². The van der Waals surface area contributed by atoms with Crippen molar-refractivity contribution in [1.29, 1.82) is 0 Å². The third-order valence-electron chi connectivity index (χ3n) is 3.20. The molecule has 1 aromatic carbocycles. The van der Waals surface area contributed by atoms with E-state index in [0.29, 0.717) is 12.2 Å². The second-order valence-corrected chi connectivity index (χ2v) is 5.07. The minimum absolute atomic E-state index is 0.192. The molecule has 0 fully saturated rings. The normalized spacial score (nSPS) is 10.4. The summed E-state index contributed by atoms with van der Waals surface area (Å²) < 4.78 is 1.44. The van der Waals surface area contributed by atoms with Gasteiger partial charge >= 0.3 is 5.97 Å². The number of carbonyl (C=O) groups excluding carboxylic acids is 1. The Morgan fingerprint density at radius 3 is 2.67 bits per heavy atom. The van der Waals surface area contributed by atoms with Crippen molar-refractivity contribution < 1.29 is 14.7 Å². The van der Waals surface area contributed by atoms with E-state index in [-0.39, 0.29) is 12.5 Å². The van der Waals surface area contributed by atoms with Gasteiger partial charge < -0.3 is 14.6 Å². The molecule has 110 valence electrons. The predicted molar refractivity (Wildman–Crippen MR) is 79.0 cm³/mol. The number of carboxylic acid groups (broad SMARTS) is 1. The minimum atomic E-state index is -0.971. The zero-order valence-corrected chi connectivity index (χ0v) is 12.1. The molecule has 0 atom stereocenters. The van der Waals surface area contributed by atoms with E-state index in [4.69, 9.17) is 5.11 Å². The number of hydrogen-bond donors (Lipinski definition) is 1. The topological polar surface area (TPSA) is 62.5 Å². The fraction of sp³-hybridized carbons (Fsp3) is 0.250. The SMILES string of the molecule is Cc1cccc(CN(C)C(=O)c2cccn2CC(=O)O)c1. The molecule has 1 N–H and O–H groups in total. The number of nitrogens with zero attached hydrogens (tertiary/aromatic N) is 2. The number of rotatable bonds is 5. The van der Waals surface area contributed by atoms with Gasteiger partial charge in [-0.2, -0.15) is 0 Å². The Kier molecular flexibility index (Phi) is 4.42. The molecule has 0 saturated carbocycles. The quantitative estimate of drug-likeness (QED) is 0.916. The van der Waals surface area contributed by atoms with Gasteiger partial charge in [0.15, 0.2) is 0 Å². The van der Waals surface area contributed by atoms with Gasteiger partial charge in [-0.15, -0.1) is 0 Å². The van der Waals surface area contributed by atoms with Crippen LogP contribution in [0.4, 0.5) is 0 Å². The van der Waals surface area contributed by atoms with Crippen LogP contribution in [0.25, 0.3) is 0 Å². The molecule has 2 rings (SSSR count). The number of hydrogen-bond acceptors (Lipinski definition) is 2. The van der Waals surface area contributed by atoms with Gasteiger partial charge in [-0.1, -0.05) is 29.8 Å². The molecule has 1 amide bonds. The first-order valence-electron chi connectivity index (χ1n) is 6.65. The lowest BCUT2D eigenvalue weighted by Crippen LogP contribution is -2.29. The average Bonchev–Trinajstić information content (AvgIpc) is 2.85. The molecular weight excluding hydrogens is 268 g/mol. The minimum Gasteiger partial charge on any atom is -0.480 e. The Bertz CT molecular complexity index is 661. The molecule has 5 nitrogen and oxygen atoms in total. The van der Waals surface area contributed by atoms with Crippen LogP contribution in [0.3, 0.4) is 0 Å². The van der Waals surface area contributed by atoms with E-state index in [1.165, 1.54) is 4.57 Å². The molecular formula is C16H18N2O3. The smallest absolute Gasteiger partial charge is 0.323 e. The van der Waals surface area contributed by atoms with Crippen molar-refractivity contribution in [2.75, 3.05) is 7.05 Å². The summed E-state index contributed by atoms with van der Waals surface area (Å²) in [5, 5.41) is 8.85. The van der Waals surface area contributed by atoms with Gasteiger partial charge in [0.1, 0.15) is 12.2 Å². The fourth-order valence-electron chi connectivity index (χ4n) is 2.24. The molecule has 0 aliphatic rings. The highest BCUT2D eigenvalue weighted by Crippen LogP contribution is 2.11. The number of aromatic nitrogens is 1. The van der Waals surface area contributed by atoms with Crippen molar-refractivity contribution >= 4 is 11.9 Å². The molecule has 21 heavy (non-hydrogen) atoms. The molecule has 1 aromatic heterocycles. The van der Waals surface area contributed by atoms with E-state index in [2.05, 4.69) is 0 Å². The maximum absolute atomic E-state index is 12.4. The maximum Gasteiger partial charge on any atom is 0.323 e. The lowest BCUT2D eigenvalue weighted by molar-refractivity contribution is -0.137. The summed E-state index contributed by atoms with van der Waals surface area (Å²) in [6.45, 7) is 2.27. The summed E-state index contributed by atoms with van der Waals surface area (Å²) in [5.41, 5.74) is 2.57. The highest BCUT2D eigenvalue weighted by Gasteiger charge is 2.17. The highest BCUT2D eigenvalue weighted by molar-refractivity contribution is 5.93. The maximum atomic E-state index is 12.4. The Labute approximate surface area is 123 Å². The van der Waals surface area contributed by atoms with Crippen LogP contribution < -0.4 is 0 Å². The molecule has 1 heterocycles. The van der Waals surface area contributed by atoms with Gasteiger partial charge in [0.25, 0.3) is 5.91 Å². The molecule has 2 aromatic rings. The lowest BCUT2D eigenvalue weighted by atomic mass is 10.1. The van der Waals surface area contributed by atoms with E-state index in [1.54, 1.807) is 30.3 Å². The van der Waals surface area contributed by atoms with Crippen LogP contribution in [0, 0.1) is 6.92 Å². The first-order valence-corrected chi connectivity index (χ1v) is 6.65. The number of carbonyl (C=O) groups is 2. The summed E-state index contributed by atoms with van der Waals surface area (Å²) >= 11 is 0. The Morgan fingerprint density at radius 2 is 2.00 bits per heavy atom. The Hall–Kier alpha value is -2.56. The third kappa shape index (κ3) is 3.72. The standard InChI is InChI=1S/C16H18N2O3/c1-12-5-3-6-13(9-12)10-17(2)16(21)14-7-4-8-18(14)11-15(19)20/h3-9H,10-11H2,1-2H3,(H,19,20). The third-order valence-corrected chi connectivity index (χ3v) is 3.20. The number of aryl methyl sites for hydroxylation is 1. The van der Waals surface area contributed by atoms with Crippen LogP contribution >= 0.6 is 0 Å². The molecule has 0 bridgehead atoms. The summed E-state index contributed by atoms with van der Waals surface area (Å²) in [4.78, 5) is 24.8. The first kappa shape index (κ1) is 14.8. The predicted octanol–water partition coefficient (Wildman–Crippen LogP) is 2.15. The molecule has 0 spiro atoms. The molecule has 0 aliphatic carbocycles. The van der Waals surface area contributed by atoms with E-state index < -0.39 is 5.97 Å². The van der Waals surface area contributed by atoms with E-state index >= 15 is 0 Å². The Balaban J connectivity index is 2.12. The zero-order valence-electron chi connectivity index (χ0n) is 12.1. The molecule has 5 heteroatoms. The van der Waals surface area contributed by atoms with Crippen molar-refractivity contribution in [1.82, 2.24) is 9.47 Å². The van der Waals surface area contributed by atoms with Crippen molar-refractivity contribution in [3.05, 3.63) is 59.4 Å². The number of aliphatic carboxylic acids is 1. The number of amides is 1.